The van der Waals surface area contributed by atoms with Gasteiger partial charge in [0.25, 0.3) is 5.69 Å². The molecule has 1 aromatic heterocycles. The molecule has 1 N–H and O–H groups in total. The molecule has 0 aliphatic carbocycles. The second-order valence-electron chi connectivity index (χ2n) is 4.55. The van der Waals surface area contributed by atoms with Gasteiger partial charge in [-0.25, -0.2) is 4.98 Å². The Labute approximate surface area is 127 Å². The fourth-order valence-electron chi connectivity index (χ4n) is 1.90. The first kappa shape index (κ1) is 15.5. The van der Waals surface area contributed by atoms with Gasteiger partial charge in [0, 0.05) is 24.4 Å². The molecule has 0 fully saturated rings. The van der Waals surface area contributed by atoms with Crippen molar-refractivity contribution in [2.75, 3.05) is 5.75 Å². The number of aliphatic hydroxyl groups excluding tert-OH is 1. The van der Waals surface area contributed by atoms with Crippen LogP contribution >= 0.6 is 11.8 Å². The molecular formula is C14H17N3O3S. The minimum absolute atomic E-state index is 0.0762. The average Bonchev–Trinajstić information content (AvgIpc) is 2.87. The molecule has 112 valence electrons. The molecule has 6 nitrogen and oxygen atoms in total. The molecule has 0 radical (unpaired) electrons. The van der Waals surface area contributed by atoms with Crippen molar-refractivity contribution >= 4 is 17.4 Å². The van der Waals surface area contributed by atoms with E-state index in [4.69, 9.17) is 0 Å². The number of thioether (sulfide) groups is 1. The largest absolute Gasteiger partial charge is 0.390 e. The van der Waals surface area contributed by atoms with Crippen molar-refractivity contribution in [1.82, 2.24) is 9.55 Å². The molecule has 2 aromatic rings. The van der Waals surface area contributed by atoms with Gasteiger partial charge in [-0.3, -0.25) is 10.1 Å². The van der Waals surface area contributed by atoms with Crippen LogP contribution in [0.2, 0.25) is 0 Å². The summed E-state index contributed by atoms with van der Waals surface area (Å²) in [6.07, 6.45) is 2.72. The quantitative estimate of drug-likeness (QED) is 0.483. The van der Waals surface area contributed by atoms with E-state index in [1.54, 1.807) is 30.1 Å². The predicted octanol–water partition coefficient (Wildman–Crippen LogP) is 2.83. The smallest absolute Gasteiger partial charge is 0.269 e. The van der Waals surface area contributed by atoms with Crippen LogP contribution in [0.15, 0.2) is 35.6 Å². The Morgan fingerprint density at radius 2 is 2.10 bits per heavy atom. The fraction of sp³-hybridized carbons (Fsp3) is 0.357. The molecule has 0 spiro atoms. The van der Waals surface area contributed by atoms with Crippen LogP contribution in [-0.2, 0) is 13.2 Å². The number of benzene rings is 1. The van der Waals surface area contributed by atoms with Gasteiger partial charge < -0.3 is 9.67 Å². The Kier molecular flexibility index (Phi) is 5.35. The van der Waals surface area contributed by atoms with Crippen LogP contribution in [-0.4, -0.2) is 25.3 Å². The van der Waals surface area contributed by atoms with Crippen LogP contribution in [0.4, 0.5) is 5.69 Å². The number of aromatic nitrogens is 2. The molecule has 1 aromatic carbocycles. The highest BCUT2D eigenvalue weighted by Gasteiger charge is 2.11. The lowest BCUT2D eigenvalue weighted by Gasteiger charge is -2.10. The second-order valence-corrected chi connectivity index (χ2v) is 5.61. The third-order valence-corrected chi connectivity index (χ3v) is 4.18. The van der Waals surface area contributed by atoms with Crippen molar-refractivity contribution in [3.63, 3.8) is 0 Å². The molecule has 21 heavy (non-hydrogen) atoms. The molecule has 0 saturated heterocycles. The molecule has 0 unspecified atom stereocenters. The number of hydrogen-bond donors (Lipinski definition) is 1. The molecular weight excluding hydrogens is 290 g/mol. The first-order valence-corrected chi connectivity index (χ1v) is 7.65. The molecule has 0 atom stereocenters. The second kappa shape index (κ2) is 7.24. The summed E-state index contributed by atoms with van der Waals surface area (Å²) in [5, 5.41) is 20.9. The van der Waals surface area contributed by atoms with Crippen molar-refractivity contribution in [2.45, 2.75) is 31.7 Å². The first-order valence-electron chi connectivity index (χ1n) is 6.67. The summed E-state index contributed by atoms with van der Waals surface area (Å²) in [5.74, 6) is 0.960. The van der Waals surface area contributed by atoms with Crippen molar-refractivity contribution < 1.29 is 10.0 Å². The lowest BCUT2D eigenvalue weighted by Crippen LogP contribution is -2.06. The van der Waals surface area contributed by atoms with Gasteiger partial charge in [-0.15, -0.1) is 0 Å². The van der Waals surface area contributed by atoms with E-state index in [0.717, 1.165) is 28.6 Å². The van der Waals surface area contributed by atoms with Gasteiger partial charge in [-0.2, -0.15) is 0 Å². The number of hydrogen-bond acceptors (Lipinski definition) is 5. The van der Waals surface area contributed by atoms with E-state index in [1.807, 2.05) is 4.57 Å². The zero-order chi connectivity index (χ0) is 15.2. The molecule has 1 heterocycles. The molecule has 0 aliphatic rings. The summed E-state index contributed by atoms with van der Waals surface area (Å²) in [7, 11) is 0. The van der Waals surface area contributed by atoms with Crippen molar-refractivity contribution in [3.8, 4) is 0 Å². The highest BCUT2D eigenvalue weighted by Crippen LogP contribution is 2.21. The van der Waals surface area contributed by atoms with Crippen LogP contribution in [0.25, 0.3) is 0 Å². The standard InChI is InChI=1S/C14H17N3O3S/c1-2-7-21-14-15-8-13(10-18)16(14)9-11-3-5-12(6-4-11)17(19)20/h3-6,8,18H,2,7,9-10H2,1H3. The van der Waals surface area contributed by atoms with E-state index in [0.29, 0.717) is 6.54 Å². The number of rotatable bonds is 7. The summed E-state index contributed by atoms with van der Waals surface area (Å²) in [6, 6.07) is 6.44. The van der Waals surface area contributed by atoms with E-state index in [2.05, 4.69) is 11.9 Å². The highest BCUT2D eigenvalue weighted by molar-refractivity contribution is 7.99. The minimum atomic E-state index is -0.414. The van der Waals surface area contributed by atoms with E-state index in [-0.39, 0.29) is 12.3 Å². The summed E-state index contributed by atoms with van der Waals surface area (Å²) in [6.45, 7) is 2.57. The number of nitro groups is 1. The Balaban J connectivity index is 2.20. The van der Waals surface area contributed by atoms with E-state index in [9.17, 15) is 15.2 Å². The monoisotopic (exact) mass is 307 g/mol. The van der Waals surface area contributed by atoms with E-state index >= 15 is 0 Å². The van der Waals surface area contributed by atoms with Gasteiger partial charge in [-0.05, 0) is 12.0 Å². The SMILES string of the molecule is CCCSc1ncc(CO)n1Cc1ccc([N+](=O)[O-])cc1. The zero-order valence-electron chi connectivity index (χ0n) is 11.7. The number of nitro benzene ring substituents is 1. The molecule has 0 amide bonds. The summed E-state index contributed by atoms with van der Waals surface area (Å²) in [4.78, 5) is 14.6. The van der Waals surface area contributed by atoms with Crippen LogP contribution in [0.5, 0.6) is 0 Å². The van der Waals surface area contributed by atoms with Gasteiger partial charge in [0.05, 0.1) is 23.4 Å². The highest BCUT2D eigenvalue weighted by atomic mass is 32.2. The maximum atomic E-state index is 10.7. The van der Waals surface area contributed by atoms with Gasteiger partial charge >= 0.3 is 0 Å². The average molecular weight is 307 g/mol. The van der Waals surface area contributed by atoms with Crippen LogP contribution in [0.1, 0.15) is 24.6 Å². The van der Waals surface area contributed by atoms with Crippen LogP contribution in [0.3, 0.4) is 0 Å². The van der Waals surface area contributed by atoms with Crippen molar-refractivity contribution in [3.05, 3.63) is 51.8 Å². The zero-order valence-corrected chi connectivity index (χ0v) is 12.5. The van der Waals surface area contributed by atoms with E-state index in [1.165, 1.54) is 12.1 Å². The number of aliphatic hydroxyl groups is 1. The van der Waals surface area contributed by atoms with Gasteiger partial charge in [0.2, 0.25) is 0 Å². The third kappa shape index (κ3) is 3.83. The molecule has 7 heteroatoms. The number of non-ortho nitro benzene ring substituents is 1. The summed E-state index contributed by atoms with van der Waals surface area (Å²) in [5.41, 5.74) is 1.76. The number of nitrogens with zero attached hydrogens (tertiary/aromatic N) is 3. The summed E-state index contributed by atoms with van der Waals surface area (Å²) < 4.78 is 1.95. The first-order chi connectivity index (χ1) is 10.2. The lowest BCUT2D eigenvalue weighted by atomic mass is 10.2. The maximum absolute atomic E-state index is 10.7. The topological polar surface area (TPSA) is 81.2 Å². The minimum Gasteiger partial charge on any atom is -0.390 e. The van der Waals surface area contributed by atoms with Crippen LogP contribution in [0, 0.1) is 10.1 Å². The third-order valence-electron chi connectivity index (χ3n) is 2.99. The van der Waals surface area contributed by atoms with Crippen molar-refractivity contribution in [2.24, 2.45) is 0 Å². The Bertz CT molecular complexity index is 610. The van der Waals surface area contributed by atoms with Gasteiger partial charge in [0.15, 0.2) is 5.16 Å². The Hall–Kier alpha value is -1.86. The number of imidazole rings is 1. The molecule has 2 rings (SSSR count). The maximum Gasteiger partial charge on any atom is 0.269 e. The Morgan fingerprint density at radius 1 is 1.38 bits per heavy atom. The molecule has 0 aliphatic heterocycles. The molecule has 0 saturated carbocycles. The predicted molar refractivity (Wildman–Crippen MR) is 81.4 cm³/mol. The van der Waals surface area contributed by atoms with Gasteiger partial charge in [-0.1, -0.05) is 30.8 Å². The van der Waals surface area contributed by atoms with Crippen LogP contribution < -0.4 is 0 Å². The molecule has 0 bridgehead atoms. The lowest BCUT2D eigenvalue weighted by molar-refractivity contribution is -0.384. The normalized spacial score (nSPS) is 10.8. The van der Waals surface area contributed by atoms with E-state index < -0.39 is 4.92 Å². The van der Waals surface area contributed by atoms with Gasteiger partial charge in [0.1, 0.15) is 0 Å². The summed E-state index contributed by atoms with van der Waals surface area (Å²) >= 11 is 1.64. The fourth-order valence-corrected chi connectivity index (χ4v) is 2.75. The van der Waals surface area contributed by atoms with Crippen molar-refractivity contribution in [1.29, 1.82) is 0 Å². The Morgan fingerprint density at radius 3 is 2.67 bits per heavy atom.